The highest BCUT2D eigenvalue weighted by Crippen LogP contribution is 2.41. The molecule has 1 spiro atoms. The van der Waals surface area contributed by atoms with E-state index in [1.54, 1.807) is 0 Å². The Bertz CT molecular complexity index is 233. The maximum atomic E-state index is 10.4. The molecule has 0 aliphatic carbocycles. The highest BCUT2D eigenvalue weighted by atomic mass is 32.2. The van der Waals surface area contributed by atoms with E-state index in [-0.39, 0.29) is 11.7 Å². The summed E-state index contributed by atoms with van der Waals surface area (Å²) in [4.78, 5) is 0. The smallest absolute Gasteiger partial charge is 0.0701 e. The summed E-state index contributed by atoms with van der Waals surface area (Å²) < 4.78 is 6.08. The van der Waals surface area contributed by atoms with Crippen molar-refractivity contribution in [3.63, 3.8) is 0 Å². The van der Waals surface area contributed by atoms with Crippen LogP contribution in [-0.4, -0.2) is 34.9 Å². The quantitative estimate of drug-likeness (QED) is 0.843. The summed E-state index contributed by atoms with van der Waals surface area (Å²) in [5.74, 6) is 3.34. The van der Waals surface area contributed by atoms with Crippen molar-refractivity contribution >= 4 is 11.8 Å². The van der Waals surface area contributed by atoms with Gasteiger partial charge in [0.1, 0.15) is 0 Å². The molecule has 2 saturated heterocycles. The van der Waals surface area contributed by atoms with Gasteiger partial charge in [0.2, 0.25) is 0 Å². The van der Waals surface area contributed by atoms with Crippen LogP contribution in [-0.2, 0) is 4.74 Å². The number of aliphatic hydroxyl groups excluding tert-OH is 1. The van der Waals surface area contributed by atoms with Gasteiger partial charge in [-0.1, -0.05) is 20.3 Å². The molecule has 2 nitrogen and oxygen atoms in total. The van der Waals surface area contributed by atoms with E-state index in [1.165, 1.54) is 24.3 Å². The maximum Gasteiger partial charge on any atom is 0.0701 e. The van der Waals surface area contributed by atoms with Crippen LogP contribution in [0.1, 0.15) is 46.0 Å². The van der Waals surface area contributed by atoms with Crippen molar-refractivity contribution in [3.05, 3.63) is 0 Å². The van der Waals surface area contributed by atoms with Crippen LogP contribution >= 0.6 is 11.8 Å². The summed E-state index contributed by atoms with van der Waals surface area (Å²) >= 11 is 2.04. The average molecular weight is 258 g/mol. The van der Waals surface area contributed by atoms with Gasteiger partial charge >= 0.3 is 0 Å². The van der Waals surface area contributed by atoms with Crippen molar-refractivity contribution in [2.24, 2.45) is 11.8 Å². The van der Waals surface area contributed by atoms with Crippen LogP contribution in [0.4, 0.5) is 0 Å². The fourth-order valence-electron chi connectivity index (χ4n) is 3.16. The Hall–Kier alpha value is 0.270. The third kappa shape index (κ3) is 3.18. The predicted molar refractivity (Wildman–Crippen MR) is 73.4 cm³/mol. The van der Waals surface area contributed by atoms with Gasteiger partial charge in [-0.15, -0.1) is 0 Å². The lowest BCUT2D eigenvalue weighted by Gasteiger charge is -2.45. The lowest BCUT2D eigenvalue weighted by Crippen LogP contribution is -2.46. The van der Waals surface area contributed by atoms with Crippen LogP contribution in [0.3, 0.4) is 0 Å². The first-order valence-electron chi connectivity index (χ1n) is 7.06. The molecule has 2 rings (SSSR count). The fourth-order valence-corrected chi connectivity index (χ4v) is 4.39. The molecule has 17 heavy (non-hydrogen) atoms. The Kier molecular flexibility index (Phi) is 4.79. The normalized spacial score (nSPS) is 32.3. The summed E-state index contributed by atoms with van der Waals surface area (Å²) in [7, 11) is 0. The number of rotatable bonds is 3. The molecule has 0 aromatic heterocycles. The zero-order chi connectivity index (χ0) is 12.3. The standard InChI is InChI=1S/C14H26O2S/c1-3-11(2)13(15)12-4-7-16-14(10-12)5-8-17-9-6-14/h11-13,15H,3-10H2,1-2H3. The first-order valence-corrected chi connectivity index (χ1v) is 8.22. The van der Waals surface area contributed by atoms with Gasteiger partial charge in [0.25, 0.3) is 0 Å². The van der Waals surface area contributed by atoms with Crippen molar-refractivity contribution in [3.8, 4) is 0 Å². The molecule has 0 saturated carbocycles. The largest absolute Gasteiger partial charge is 0.393 e. The van der Waals surface area contributed by atoms with Crippen molar-refractivity contribution in [2.75, 3.05) is 18.1 Å². The molecule has 3 heteroatoms. The van der Waals surface area contributed by atoms with Crippen LogP contribution in [0, 0.1) is 11.8 Å². The zero-order valence-corrected chi connectivity index (χ0v) is 12.0. The molecule has 2 aliphatic rings. The monoisotopic (exact) mass is 258 g/mol. The van der Waals surface area contributed by atoms with E-state index in [9.17, 15) is 5.11 Å². The summed E-state index contributed by atoms with van der Waals surface area (Å²) in [5, 5.41) is 10.4. The molecule has 2 fully saturated rings. The first kappa shape index (κ1) is 13.7. The minimum Gasteiger partial charge on any atom is -0.393 e. The Balaban J connectivity index is 1.96. The van der Waals surface area contributed by atoms with Gasteiger partial charge in [-0.25, -0.2) is 0 Å². The van der Waals surface area contributed by atoms with Crippen LogP contribution < -0.4 is 0 Å². The summed E-state index contributed by atoms with van der Waals surface area (Å²) in [6, 6.07) is 0. The molecule has 2 heterocycles. The molecule has 3 unspecified atom stereocenters. The Morgan fingerprint density at radius 1 is 1.41 bits per heavy atom. The van der Waals surface area contributed by atoms with Crippen molar-refractivity contribution in [2.45, 2.75) is 57.7 Å². The number of hydrogen-bond donors (Lipinski definition) is 1. The SMILES string of the molecule is CCC(C)C(O)C1CCOC2(CCSCC2)C1. The van der Waals surface area contributed by atoms with E-state index >= 15 is 0 Å². The van der Waals surface area contributed by atoms with Crippen LogP contribution in [0.15, 0.2) is 0 Å². The second-order valence-corrected chi connectivity index (χ2v) is 7.00. The molecule has 0 radical (unpaired) electrons. The van der Waals surface area contributed by atoms with Gasteiger partial charge in [-0.3, -0.25) is 0 Å². The highest BCUT2D eigenvalue weighted by molar-refractivity contribution is 7.99. The predicted octanol–water partition coefficient (Wildman–Crippen LogP) is 3.09. The Morgan fingerprint density at radius 2 is 2.12 bits per heavy atom. The van der Waals surface area contributed by atoms with Gasteiger partial charge in [0, 0.05) is 6.61 Å². The molecular weight excluding hydrogens is 232 g/mol. The van der Waals surface area contributed by atoms with E-state index in [4.69, 9.17) is 4.74 Å². The van der Waals surface area contributed by atoms with Crippen molar-refractivity contribution in [1.82, 2.24) is 0 Å². The Labute approximate surface area is 110 Å². The van der Waals surface area contributed by atoms with E-state index in [1.807, 2.05) is 11.8 Å². The minimum atomic E-state index is -0.129. The van der Waals surface area contributed by atoms with Gasteiger partial charge in [-0.2, -0.15) is 11.8 Å². The molecule has 0 bridgehead atoms. The third-order valence-electron chi connectivity index (χ3n) is 4.65. The van der Waals surface area contributed by atoms with Crippen molar-refractivity contribution < 1.29 is 9.84 Å². The lowest BCUT2D eigenvalue weighted by atomic mass is 9.76. The van der Waals surface area contributed by atoms with Crippen LogP contribution in [0.5, 0.6) is 0 Å². The first-order chi connectivity index (χ1) is 8.17. The van der Waals surface area contributed by atoms with E-state index in [2.05, 4.69) is 13.8 Å². The van der Waals surface area contributed by atoms with Crippen LogP contribution in [0.2, 0.25) is 0 Å². The van der Waals surface area contributed by atoms with Crippen LogP contribution in [0.25, 0.3) is 0 Å². The lowest BCUT2D eigenvalue weighted by molar-refractivity contribution is -0.126. The Morgan fingerprint density at radius 3 is 2.76 bits per heavy atom. The van der Waals surface area contributed by atoms with E-state index in [0.717, 1.165) is 25.9 Å². The topological polar surface area (TPSA) is 29.5 Å². The zero-order valence-electron chi connectivity index (χ0n) is 11.2. The molecule has 0 aromatic rings. The number of hydrogen-bond acceptors (Lipinski definition) is 3. The molecule has 2 aliphatic heterocycles. The molecule has 100 valence electrons. The maximum absolute atomic E-state index is 10.4. The second-order valence-electron chi connectivity index (χ2n) is 5.77. The third-order valence-corrected chi connectivity index (χ3v) is 5.63. The average Bonchev–Trinajstić information content (AvgIpc) is 2.38. The van der Waals surface area contributed by atoms with Gasteiger partial charge < -0.3 is 9.84 Å². The molecule has 3 atom stereocenters. The van der Waals surface area contributed by atoms with Gasteiger partial charge in [-0.05, 0) is 49.0 Å². The number of thioether (sulfide) groups is 1. The summed E-state index contributed by atoms with van der Waals surface area (Å²) in [6.45, 7) is 5.19. The van der Waals surface area contributed by atoms with E-state index < -0.39 is 0 Å². The molecular formula is C14H26O2S. The second kappa shape index (κ2) is 5.94. The minimum absolute atomic E-state index is 0.114. The highest BCUT2D eigenvalue weighted by Gasteiger charge is 2.41. The summed E-state index contributed by atoms with van der Waals surface area (Å²) in [5.41, 5.74) is 0.114. The molecule has 1 N–H and O–H groups in total. The summed E-state index contributed by atoms with van der Waals surface area (Å²) in [6.07, 6.45) is 5.43. The number of aliphatic hydroxyl groups is 1. The van der Waals surface area contributed by atoms with E-state index in [0.29, 0.717) is 11.8 Å². The molecule has 0 aromatic carbocycles. The molecule has 0 amide bonds. The fraction of sp³-hybridized carbons (Fsp3) is 1.00. The number of ether oxygens (including phenoxy) is 1. The van der Waals surface area contributed by atoms with Gasteiger partial charge in [0.15, 0.2) is 0 Å². The van der Waals surface area contributed by atoms with Crippen molar-refractivity contribution in [1.29, 1.82) is 0 Å². The van der Waals surface area contributed by atoms with Gasteiger partial charge in [0.05, 0.1) is 11.7 Å².